The molecule has 18 nitrogen and oxygen atoms in total. The summed E-state index contributed by atoms with van der Waals surface area (Å²) in [6.45, 7) is 4.03. The molecule has 8 atom stereocenters. The zero-order chi connectivity index (χ0) is 45.9. The number of aromatic hydroxyl groups is 2. The first-order chi connectivity index (χ1) is 30.5. The summed E-state index contributed by atoms with van der Waals surface area (Å²) in [5.41, 5.74) is -2.43. The number of aliphatic hydroxyl groups excluding tert-OH is 2. The summed E-state index contributed by atoms with van der Waals surface area (Å²) in [4.78, 5) is 87.9. The van der Waals surface area contributed by atoms with Crippen LogP contribution in [-0.2, 0) is 30.3 Å². The SMILES string of the molecule is COc1cccc2c1C(=O)c1c(O)c3c(c(O)c1C2=O)C[C@@](O)(C(=O)CO)CC3OC1CC(NC(=O)[C@@H]2CCCN2C(=O)[C@@H](C)NC(=O)c2ccnc3cccc(C)c23)C(O)C(C)O1. The van der Waals surface area contributed by atoms with Gasteiger partial charge in [0, 0.05) is 54.1 Å². The highest BCUT2D eigenvalue weighted by molar-refractivity contribution is 6.31. The number of phenols is 2. The van der Waals surface area contributed by atoms with Gasteiger partial charge in [0.2, 0.25) is 17.6 Å². The number of ketones is 3. The lowest BCUT2D eigenvalue weighted by molar-refractivity contribution is -0.249. The molecule has 0 spiro atoms. The monoisotopic (exact) mass is 880 g/mol. The number of Topliss-reactive ketones (excluding diaryl/α,β-unsaturated/α-hetero) is 1. The number of ether oxygens (including phenoxy) is 3. The molecule has 4 aliphatic rings. The Hall–Kier alpha value is -6.31. The molecule has 336 valence electrons. The van der Waals surface area contributed by atoms with E-state index in [1.165, 1.54) is 50.3 Å². The Kier molecular flexibility index (Phi) is 11.8. The minimum absolute atomic E-state index is 0.0429. The summed E-state index contributed by atoms with van der Waals surface area (Å²) >= 11 is 0. The number of fused-ring (bicyclic) bond motifs is 4. The van der Waals surface area contributed by atoms with E-state index < -0.39 is 125 Å². The molecular weight excluding hydrogens is 833 g/mol. The average molecular weight is 881 g/mol. The Morgan fingerprint density at radius 1 is 1.03 bits per heavy atom. The zero-order valence-electron chi connectivity index (χ0n) is 35.4. The number of aromatic nitrogens is 1. The van der Waals surface area contributed by atoms with E-state index in [1.807, 2.05) is 19.1 Å². The maximum atomic E-state index is 14.0. The Morgan fingerprint density at radius 3 is 2.50 bits per heavy atom. The number of aryl methyl sites for hydroxylation is 1. The smallest absolute Gasteiger partial charge is 0.252 e. The van der Waals surface area contributed by atoms with Gasteiger partial charge in [-0.25, -0.2) is 0 Å². The highest BCUT2D eigenvalue weighted by atomic mass is 16.7. The van der Waals surface area contributed by atoms with E-state index in [0.29, 0.717) is 29.3 Å². The van der Waals surface area contributed by atoms with Crippen LogP contribution in [0.15, 0.2) is 48.7 Å². The second-order valence-corrected chi connectivity index (χ2v) is 16.8. The summed E-state index contributed by atoms with van der Waals surface area (Å²) in [5.74, 6) is -5.77. The second-order valence-electron chi connectivity index (χ2n) is 16.8. The van der Waals surface area contributed by atoms with Crippen molar-refractivity contribution in [3.05, 3.63) is 93.2 Å². The summed E-state index contributed by atoms with van der Waals surface area (Å²) < 4.78 is 17.6. The maximum Gasteiger partial charge on any atom is 0.252 e. The number of likely N-dealkylation sites (tertiary alicyclic amines) is 1. The third kappa shape index (κ3) is 7.43. The third-order valence-electron chi connectivity index (χ3n) is 12.9. The maximum absolute atomic E-state index is 14.0. The summed E-state index contributed by atoms with van der Waals surface area (Å²) in [6.07, 6.45) is -4.35. The number of hydrogen-bond acceptors (Lipinski definition) is 15. The first-order valence-electron chi connectivity index (χ1n) is 21.0. The van der Waals surface area contributed by atoms with Gasteiger partial charge in [-0.1, -0.05) is 24.3 Å². The van der Waals surface area contributed by atoms with Gasteiger partial charge in [-0.2, -0.15) is 0 Å². The molecule has 2 aliphatic carbocycles. The van der Waals surface area contributed by atoms with Crippen LogP contribution < -0.4 is 15.4 Å². The molecule has 0 bridgehead atoms. The van der Waals surface area contributed by atoms with Gasteiger partial charge in [-0.3, -0.25) is 33.8 Å². The van der Waals surface area contributed by atoms with Crippen molar-refractivity contribution in [1.82, 2.24) is 20.5 Å². The number of rotatable bonds is 10. The van der Waals surface area contributed by atoms with Crippen molar-refractivity contribution in [1.29, 1.82) is 0 Å². The van der Waals surface area contributed by atoms with Gasteiger partial charge in [0.05, 0.1) is 53.1 Å². The Labute approximate surface area is 366 Å². The fourth-order valence-corrected chi connectivity index (χ4v) is 9.60. The van der Waals surface area contributed by atoms with Crippen molar-refractivity contribution >= 4 is 46.0 Å². The summed E-state index contributed by atoms with van der Waals surface area (Å²) in [7, 11) is 1.30. The van der Waals surface area contributed by atoms with E-state index in [9.17, 15) is 54.3 Å². The number of carbonyl (C=O) groups excluding carboxylic acids is 6. The van der Waals surface area contributed by atoms with Gasteiger partial charge < -0.3 is 55.3 Å². The van der Waals surface area contributed by atoms with Crippen molar-refractivity contribution in [2.75, 3.05) is 20.3 Å². The highest BCUT2D eigenvalue weighted by Gasteiger charge is 2.51. The number of nitrogens with zero attached hydrogens (tertiary/aromatic N) is 2. The summed E-state index contributed by atoms with van der Waals surface area (Å²) in [5, 5.41) is 62.6. The van der Waals surface area contributed by atoms with Crippen LogP contribution in [0.4, 0.5) is 0 Å². The van der Waals surface area contributed by atoms with Gasteiger partial charge in [0.1, 0.15) is 47.6 Å². The van der Waals surface area contributed by atoms with Gasteiger partial charge in [0.15, 0.2) is 17.9 Å². The van der Waals surface area contributed by atoms with E-state index in [2.05, 4.69) is 15.6 Å². The predicted molar refractivity (Wildman–Crippen MR) is 224 cm³/mol. The second kappa shape index (κ2) is 17.0. The van der Waals surface area contributed by atoms with Crippen LogP contribution in [0.2, 0.25) is 0 Å². The van der Waals surface area contributed by atoms with Crippen molar-refractivity contribution in [2.24, 2.45) is 0 Å². The van der Waals surface area contributed by atoms with Gasteiger partial charge in [0.25, 0.3) is 5.91 Å². The molecule has 0 saturated carbocycles. The van der Waals surface area contributed by atoms with Crippen LogP contribution in [-0.4, -0.2) is 133 Å². The number of pyridine rings is 1. The average Bonchev–Trinajstić information content (AvgIpc) is 3.77. The minimum Gasteiger partial charge on any atom is -0.507 e. The normalized spacial score (nSPS) is 25.5. The number of methoxy groups -OCH3 is 1. The van der Waals surface area contributed by atoms with E-state index in [0.717, 1.165) is 5.56 Å². The molecular formula is C46H48N4O14. The first-order valence-corrected chi connectivity index (χ1v) is 21.0. The Balaban J connectivity index is 1.02. The highest BCUT2D eigenvalue weighted by Crippen LogP contribution is 2.52. The molecule has 2 saturated heterocycles. The van der Waals surface area contributed by atoms with Gasteiger partial charge >= 0.3 is 0 Å². The molecule has 8 rings (SSSR count). The number of phenolic OH excluding ortho intramolecular Hbond substituents is 2. The Morgan fingerprint density at radius 2 is 1.77 bits per heavy atom. The lowest BCUT2D eigenvalue weighted by atomic mass is 9.72. The van der Waals surface area contributed by atoms with Crippen molar-refractivity contribution < 1.29 is 68.5 Å². The molecule has 0 radical (unpaired) electrons. The topological polar surface area (TPSA) is 271 Å². The van der Waals surface area contributed by atoms with Crippen molar-refractivity contribution in [3.8, 4) is 17.2 Å². The molecule has 4 aromatic rings. The molecule has 3 amide bonds. The van der Waals surface area contributed by atoms with Crippen molar-refractivity contribution in [2.45, 2.75) is 101 Å². The van der Waals surface area contributed by atoms with E-state index in [1.54, 1.807) is 12.1 Å². The van der Waals surface area contributed by atoms with Gasteiger partial charge in [-0.15, -0.1) is 0 Å². The molecule has 64 heavy (non-hydrogen) atoms. The zero-order valence-corrected chi connectivity index (χ0v) is 35.4. The molecule has 2 fully saturated rings. The summed E-state index contributed by atoms with van der Waals surface area (Å²) in [6, 6.07) is 8.32. The van der Waals surface area contributed by atoms with Gasteiger partial charge in [-0.05, 0) is 57.4 Å². The van der Waals surface area contributed by atoms with E-state index in [-0.39, 0.29) is 41.0 Å². The third-order valence-corrected chi connectivity index (χ3v) is 12.9. The quantitative estimate of drug-likeness (QED) is 0.0987. The Bertz CT molecular complexity index is 2630. The van der Waals surface area contributed by atoms with Crippen LogP contribution in [0.3, 0.4) is 0 Å². The number of carbonyl (C=O) groups is 6. The predicted octanol–water partition coefficient (Wildman–Crippen LogP) is 1.82. The van der Waals surface area contributed by atoms with Crippen LogP contribution >= 0.6 is 0 Å². The molecule has 3 aromatic carbocycles. The molecule has 1 aromatic heterocycles. The van der Waals surface area contributed by atoms with Crippen LogP contribution in [0, 0.1) is 6.92 Å². The van der Waals surface area contributed by atoms with Crippen LogP contribution in [0.5, 0.6) is 17.2 Å². The number of benzene rings is 3. The lowest BCUT2D eigenvalue weighted by Crippen LogP contribution is -2.59. The number of hydrogen-bond donors (Lipinski definition) is 7. The minimum atomic E-state index is -2.39. The fraction of sp³-hybridized carbons (Fsp3) is 0.413. The molecule has 5 unspecified atom stereocenters. The van der Waals surface area contributed by atoms with Crippen LogP contribution in [0.25, 0.3) is 10.9 Å². The number of nitrogens with one attached hydrogen (secondary N) is 2. The van der Waals surface area contributed by atoms with Crippen LogP contribution in [0.1, 0.15) is 105 Å². The van der Waals surface area contributed by atoms with Crippen molar-refractivity contribution in [3.63, 3.8) is 0 Å². The molecule has 3 heterocycles. The first kappa shape index (κ1) is 44.3. The largest absolute Gasteiger partial charge is 0.507 e. The number of amides is 3. The number of aliphatic hydroxyl groups is 3. The van der Waals surface area contributed by atoms with E-state index in [4.69, 9.17) is 14.2 Å². The molecule has 2 aliphatic heterocycles. The van der Waals surface area contributed by atoms with E-state index >= 15 is 0 Å². The molecule has 7 N–H and O–H groups in total. The lowest BCUT2D eigenvalue weighted by Gasteiger charge is -2.43. The molecule has 18 heteroatoms. The standard InChI is InChI=1S/C46H48N4O14/c1-20-8-5-10-26-33(20)24(13-14-47-26)43(58)48-21(2)45(60)50-15-7-11-28(50)44(59)49-27-16-32(63-22(3)38(27)53)64-30-18-46(61,31(52)19-51)17-25-35(30)42(57)37-36(40(25)55)39(54)23-9-6-12-29(62-4)34(23)41(37)56/h5-6,8-10,12-14,21-22,27-28,30,32,38,51,53,55,57,61H,7,11,15-19H2,1-4H3,(H,48,58)(H,49,59)/t21-,22?,27?,28+,30?,32?,38?,46+/m1/s1. The fourth-order valence-electron chi connectivity index (χ4n) is 9.60.